The molecule has 2 unspecified atom stereocenters. The highest BCUT2D eigenvalue weighted by molar-refractivity contribution is 4.87. The number of nitrogens with one attached hydrogen (secondary N) is 1. The Hall–Kier alpha value is -0.0800. The highest BCUT2D eigenvalue weighted by atomic mass is 16.3. The van der Waals surface area contributed by atoms with E-state index >= 15 is 0 Å². The van der Waals surface area contributed by atoms with Gasteiger partial charge in [0.05, 0.1) is 6.61 Å². The van der Waals surface area contributed by atoms with Gasteiger partial charge >= 0.3 is 0 Å². The van der Waals surface area contributed by atoms with Crippen LogP contribution in [0.5, 0.6) is 0 Å². The van der Waals surface area contributed by atoms with Crippen LogP contribution in [0.15, 0.2) is 0 Å². The lowest BCUT2D eigenvalue weighted by molar-refractivity contribution is 0.206. The van der Waals surface area contributed by atoms with Gasteiger partial charge in [-0.3, -0.25) is 0 Å². The highest BCUT2D eigenvalue weighted by Crippen LogP contribution is 2.34. The fourth-order valence-electron chi connectivity index (χ4n) is 2.15. The molecule has 0 radical (unpaired) electrons. The first-order valence-electron chi connectivity index (χ1n) is 6.04. The van der Waals surface area contributed by atoms with Gasteiger partial charge in [-0.25, -0.2) is 0 Å². The largest absolute Gasteiger partial charge is 0.395 e. The first kappa shape index (κ1) is 12.0. The van der Waals surface area contributed by atoms with E-state index in [2.05, 4.69) is 26.1 Å². The van der Waals surface area contributed by atoms with Crippen LogP contribution in [0.4, 0.5) is 0 Å². The second kappa shape index (κ2) is 5.72. The van der Waals surface area contributed by atoms with Crippen LogP contribution >= 0.6 is 0 Å². The Morgan fingerprint density at radius 2 is 2.00 bits per heavy atom. The second-order valence-corrected chi connectivity index (χ2v) is 5.03. The minimum Gasteiger partial charge on any atom is -0.395 e. The van der Waals surface area contributed by atoms with Crippen molar-refractivity contribution in [2.45, 2.75) is 58.5 Å². The standard InChI is InChI=1S/C12H25NO/c1-4-12(10-5-6-10)13-11(8-14)7-9(2)3/h9-14H,4-8H2,1-3H3. The predicted octanol–water partition coefficient (Wildman–Crippen LogP) is 2.17. The van der Waals surface area contributed by atoms with Crippen LogP contribution in [0.1, 0.15) is 46.5 Å². The first-order valence-corrected chi connectivity index (χ1v) is 6.04. The molecule has 1 saturated carbocycles. The summed E-state index contributed by atoms with van der Waals surface area (Å²) in [5.74, 6) is 1.55. The van der Waals surface area contributed by atoms with Crippen LogP contribution < -0.4 is 5.32 Å². The molecular weight excluding hydrogens is 174 g/mol. The van der Waals surface area contributed by atoms with Crippen molar-refractivity contribution in [3.8, 4) is 0 Å². The molecule has 1 aliphatic rings. The summed E-state index contributed by atoms with van der Waals surface area (Å²) >= 11 is 0. The van der Waals surface area contributed by atoms with E-state index in [-0.39, 0.29) is 6.61 Å². The molecule has 2 heteroatoms. The Kier molecular flexibility index (Phi) is 4.90. The lowest BCUT2D eigenvalue weighted by Crippen LogP contribution is -2.42. The Morgan fingerprint density at radius 3 is 2.36 bits per heavy atom. The van der Waals surface area contributed by atoms with Crippen LogP contribution in [0.25, 0.3) is 0 Å². The van der Waals surface area contributed by atoms with E-state index in [1.54, 1.807) is 0 Å². The topological polar surface area (TPSA) is 32.3 Å². The van der Waals surface area contributed by atoms with Crippen molar-refractivity contribution in [3.05, 3.63) is 0 Å². The van der Waals surface area contributed by atoms with Gasteiger partial charge in [-0.1, -0.05) is 20.8 Å². The summed E-state index contributed by atoms with van der Waals surface area (Å²) in [4.78, 5) is 0. The minimum absolute atomic E-state index is 0.279. The molecule has 0 spiro atoms. The molecule has 0 aromatic heterocycles. The quantitative estimate of drug-likeness (QED) is 0.658. The van der Waals surface area contributed by atoms with E-state index in [0.29, 0.717) is 18.0 Å². The number of rotatable bonds is 7. The zero-order chi connectivity index (χ0) is 10.6. The van der Waals surface area contributed by atoms with Crippen LogP contribution in [-0.4, -0.2) is 23.8 Å². The summed E-state index contributed by atoms with van der Waals surface area (Å²) in [6.07, 6.45) is 5.04. The fraction of sp³-hybridized carbons (Fsp3) is 1.00. The molecular formula is C12H25NO. The van der Waals surface area contributed by atoms with Gasteiger partial charge < -0.3 is 10.4 Å². The fourth-order valence-corrected chi connectivity index (χ4v) is 2.15. The van der Waals surface area contributed by atoms with Crippen molar-refractivity contribution in [1.29, 1.82) is 0 Å². The zero-order valence-electron chi connectivity index (χ0n) is 9.79. The lowest BCUT2D eigenvalue weighted by atomic mass is 10.0. The van der Waals surface area contributed by atoms with Gasteiger partial charge in [-0.2, -0.15) is 0 Å². The van der Waals surface area contributed by atoms with E-state index in [0.717, 1.165) is 12.3 Å². The molecule has 2 nitrogen and oxygen atoms in total. The third-order valence-electron chi connectivity index (χ3n) is 3.06. The summed E-state index contributed by atoms with van der Waals surface area (Å²) in [7, 11) is 0. The Bertz CT molecular complexity index is 154. The number of aliphatic hydroxyl groups excluding tert-OH is 1. The van der Waals surface area contributed by atoms with Gasteiger partial charge in [0.15, 0.2) is 0 Å². The zero-order valence-corrected chi connectivity index (χ0v) is 9.79. The molecule has 0 saturated heterocycles. The highest BCUT2D eigenvalue weighted by Gasteiger charge is 2.31. The minimum atomic E-state index is 0.279. The Balaban J connectivity index is 2.29. The molecule has 1 rings (SSSR count). The SMILES string of the molecule is CCC(NC(CO)CC(C)C)C1CC1. The summed E-state index contributed by atoms with van der Waals surface area (Å²) < 4.78 is 0. The average molecular weight is 199 g/mol. The van der Waals surface area contributed by atoms with Gasteiger partial charge in [0.2, 0.25) is 0 Å². The van der Waals surface area contributed by atoms with E-state index in [9.17, 15) is 5.11 Å². The van der Waals surface area contributed by atoms with Crippen LogP contribution in [0.3, 0.4) is 0 Å². The Labute approximate surface area is 88.1 Å². The number of hydrogen-bond acceptors (Lipinski definition) is 2. The maximum atomic E-state index is 9.26. The first-order chi connectivity index (χ1) is 6.67. The molecule has 2 atom stereocenters. The summed E-state index contributed by atoms with van der Waals surface area (Å²) in [5.41, 5.74) is 0. The molecule has 0 amide bonds. The van der Waals surface area contributed by atoms with Gasteiger partial charge in [0.1, 0.15) is 0 Å². The smallest absolute Gasteiger partial charge is 0.0584 e. The summed E-state index contributed by atoms with van der Waals surface area (Å²) in [6.45, 7) is 6.94. The van der Waals surface area contributed by atoms with Crippen molar-refractivity contribution in [1.82, 2.24) is 5.32 Å². The van der Waals surface area contributed by atoms with E-state index in [1.165, 1.54) is 19.3 Å². The van der Waals surface area contributed by atoms with Crippen molar-refractivity contribution in [2.75, 3.05) is 6.61 Å². The summed E-state index contributed by atoms with van der Waals surface area (Å²) in [5, 5.41) is 12.9. The molecule has 0 heterocycles. The van der Waals surface area contributed by atoms with Crippen LogP contribution in [0.2, 0.25) is 0 Å². The van der Waals surface area contributed by atoms with Crippen molar-refractivity contribution < 1.29 is 5.11 Å². The second-order valence-electron chi connectivity index (χ2n) is 5.03. The molecule has 0 bridgehead atoms. The molecule has 0 aromatic carbocycles. The van der Waals surface area contributed by atoms with Crippen molar-refractivity contribution >= 4 is 0 Å². The number of aliphatic hydroxyl groups is 1. The van der Waals surface area contributed by atoms with Gasteiger partial charge in [-0.15, -0.1) is 0 Å². The molecule has 84 valence electrons. The molecule has 0 aliphatic heterocycles. The van der Waals surface area contributed by atoms with E-state index in [1.807, 2.05) is 0 Å². The molecule has 2 N–H and O–H groups in total. The monoisotopic (exact) mass is 199 g/mol. The van der Waals surface area contributed by atoms with E-state index < -0.39 is 0 Å². The maximum Gasteiger partial charge on any atom is 0.0584 e. The molecule has 14 heavy (non-hydrogen) atoms. The van der Waals surface area contributed by atoms with Gasteiger partial charge in [0, 0.05) is 12.1 Å². The third-order valence-corrected chi connectivity index (χ3v) is 3.06. The number of hydrogen-bond donors (Lipinski definition) is 2. The lowest BCUT2D eigenvalue weighted by Gasteiger charge is -2.24. The van der Waals surface area contributed by atoms with Gasteiger partial charge in [-0.05, 0) is 37.5 Å². The van der Waals surface area contributed by atoms with Crippen LogP contribution in [-0.2, 0) is 0 Å². The molecule has 1 fully saturated rings. The normalized spacial score (nSPS) is 21.2. The Morgan fingerprint density at radius 1 is 1.36 bits per heavy atom. The summed E-state index contributed by atoms with van der Waals surface area (Å²) in [6, 6.07) is 0.950. The van der Waals surface area contributed by atoms with Gasteiger partial charge in [0.25, 0.3) is 0 Å². The average Bonchev–Trinajstić information content (AvgIpc) is 2.94. The maximum absolute atomic E-state index is 9.26. The van der Waals surface area contributed by atoms with Crippen molar-refractivity contribution in [2.24, 2.45) is 11.8 Å². The molecule has 1 aliphatic carbocycles. The molecule has 0 aromatic rings. The van der Waals surface area contributed by atoms with E-state index in [4.69, 9.17) is 0 Å². The van der Waals surface area contributed by atoms with Crippen molar-refractivity contribution in [3.63, 3.8) is 0 Å². The van der Waals surface area contributed by atoms with Crippen LogP contribution in [0, 0.1) is 11.8 Å². The third kappa shape index (κ3) is 3.97. The predicted molar refractivity (Wildman–Crippen MR) is 60.3 cm³/mol.